The van der Waals surface area contributed by atoms with Gasteiger partial charge >= 0.3 is 0 Å². The third-order valence-electron chi connectivity index (χ3n) is 7.08. The molecule has 0 aliphatic heterocycles. The first-order valence-electron chi connectivity index (χ1n) is 12.2. The summed E-state index contributed by atoms with van der Waals surface area (Å²) in [6.07, 6.45) is 6.87. The van der Waals surface area contributed by atoms with Gasteiger partial charge in [0.2, 0.25) is 0 Å². The first-order chi connectivity index (χ1) is 16.0. The molecule has 2 aromatic heterocycles. The van der Waals surface area contributed by atoms with E-state index in [4.69, 9.17) is 4.74 Å². The monoisotopic (exact) mass is 452 g/mol. The van der Waals surface area contributed by atoms with Crippen LogP contribution >= 0.6 is 0 Å². The van der Waals surface area contributed by atoms with Crippen molar-refractivity contribution in [3.63, 3.8) is 0 Å². The van der Waals surface area contributed by atoms with Gasteiger partial charge in [0.1, 0.15) is 0 Å². The molecule has 1 fully saturated rings. The molecule has 2 heterocycles. The van der Waals surface area contributed by atoms with Gasteiger partial charge in [-0.3, -0.25) is 9.69 Å². The molecule has 0 spiro atoms. The Kier molecular flexibility index (Phi) is 7.55. The summed E-state index contributed by atoms with van der Waals surface area (Å²) in [5, 5.41) is 13.7. The van der Waals surface area contributed by atoms with Crippen LogP contribution < -0.4 is 5.56 Å². The predicted octanol–water partition coefficient (Wildman–Crippen LogP) is 4.06. The molecule has 0 saturated heterocycles. The predicted molar refractivity (Wildman–Crippen MR) is 129 cm³/mol. The van der Waals surface area contributed by atoms with Crippen LogP contribution in [-0.4, -0.2) is 49.8 Å². The van der Waals surface area contributed by atoms with Gasteiger partial charge in [-0.05, 0) is 78.2 Å². The van der Waals surface area contributed by atoms with Crippen molar-refractivity contribution in [1.29, 1.82) is 0 Å². The number of ether oxygens (including phenoxy) is 1. The minimum absolute atomic E-state index is 0.0135. The first kappa shape index (κ1) is 23.6. The third-order valence-corrected chi connectivity index (χ3v) is 7.08. The van der Waals surface area contributed by atoms with Gasteiger partial charge in [0.05, 0.1) is 19.2 Å². The highest BCUT2D eigenvalue weighted by molar-refractivity contribution is 5.80. The van der Waals surface area contributed by atoms with Gasteiger partial charge in [0, 0.05) is 30.8 Å². The minimum atomic E-state index is -0.0135. The van der Waals surface area contributed by atoms with E-state index in [0.717, 1.165) is 41.6 Å². The third kappa shape index (κ3) is 5.17. The second kappa shape index (κ2) is 10.6. The lowest BCUT2D eigenvalue weighted by molar-refractivity contribution is 0.0826. The summed E-state index contributed by atoms with van der Waals surface area (Å²) in [6, 6.07) is 6.74. The zero-order chi connectivity index (χ0) is 23.4. The van der Waals surface area contributed by atoms with Crippen molar-refractivity contribution >= 4 is 10.9 Å². The fourth-order valence-corrected chi connectivity index (χ4v) is 5.10. The van der Waals surface area contributed by atoms with Crippen LogP contribution in [-0.2, 0) is 17.8 Å². The number of hydrogen-bond acceptors (Lipinski definition) is 6. The summed E-state index contributed by atoms with van der Waals surface area (Å²) in [5.74, 6) is 0.851. The lowest BCUT2D eigenvalue weighted by Crippen LogP contribution is -2.41. The van der Waals surface area contributed by atoms with Gasteiger partial charge in [-0.15, -0.1) is 5.10 Å². The molecule has 1 N–H and O–H groups in total. The van der Waals surface area contributed by atoms with Gasteiger partial charge in [0.25, 0.3) is 5.56 Å². The van der Waals surface area contributed by atoms with Gasteiger partial charge in [-0.25, -0.2) is 4.68 Å². The number of benzene rings is 1. The second-order valence-electron chi connectivity index (χ2n) is 9.29. The Hall–Kier alpha value is -2.58. The summed E-state index contributed by atoms with van der Waals surface area (Å²) in [4.78, 5) is 18.7. The van der Waals surface area contributed by atoms with Crippen molar-refractivity contribution in [2.75, 3.05) is 13.7 Å². The van der Waals surface area contributed by atoms with E-state index in [1.165, 1.54) is 30.4 Å². The van der Waals surface area contributed by atoms with Gasteiger partial charge in [0.15, 0.2) is 5.82 Å². The van der Waals surface area contributed by atoms with Crippen LogP contribution in [0.3, 0.4) is 0 Å². The minimum Gasteiger partial charge on any atom is -0.383 e. The normalized spacial score (nSPS) is 16.0. The molecule has 4 rings (SSSR count). The SMILES string of the molecule is CCC(c1nnnn1CCOC)N(Cc1cc2cc(C)c(C)cc2[nH]c1=O)C1CCCCC1. The molecule has 1 saturated carbocycles. The molecule has 0 amide bonds. The molecule has 8 heteroatoms. The van der Waals surface area contributed by atoms with Crippen LogP contribution in [0.4, 0.5) is 0 Å². The summed E-state index contributed by atoms with van der Waals surface area (Å²) >= 11 is 0. The molecule has 1 aliphatic carbocycles. The number of aryl methyl sites for hydroxylation is 2. The Morgan fingerprint density at radius 2 is 1.94 bits per heavy atom. The maximum absolute atomic E-state index is 13.1. The summed E-state index contributed by atoms with van der Waals surface area (Å²) in [6.45, 7) is 8.11. The molecule has 0 radical (unpaired) electrons. The number of hydrogen-bond donors (Lipinski definition) is 1. The number of H-pyrrole nitrogens is 1. The molecule has 1 atom stereocenters. The van der Waals surface area contributed by atoms with E-state index < -0.39 is 0 Å². The van der Waals surface area contributed by atoms with E-state index in [-0.39, 0.29) is 11.6 Å². The molecule has 8 nitrogen and oxygen atoms in total. The van der Waals surface area contributed by atoms with Crippen molar-refractivity contribution in [3.8, 4) is 0 Å². The quantitative estimate of drug-likeness (QED) is 0.527. The van der Waals surface area contributed by atoms with Crippen LogP contribution in [0.2, 0.25) is 0 Å². The Balaban J connectivity index is 1.72. The van der Waals surface area contributed by atoms with E-state index in [2.05, 4.69) is 64.4 Å². The maximum Gasteiger partial charge on any atom is 0.252 e. The smallest absolute Gasteiger partial charge is 0.252 e. The lowest BCUT2D eigenvalue weighted by atomic mass is 9.92. The summed E-state index contributed by atoms with van der Waals surface area (Å²) in [7, 11) is 1.69. The van der Waals surface area contributed by atoms with E-state index in [1.54, 1.807) is 7.11 Å². The fourth-order valence-electron chi connectivity index (χ4n) is 5.10. The number of nitrogens with zero attached hydrogens (tertiary/aromatic N) is 5. The molecule has 33 heavy (non-hydrogen) atoms. The number of nitrogens with one attached hydrogen (secondary N) is 1. The average molecular weight is 453 g/mol. The van der Waals surface area contributed by atoms with E-state index in [0.29, 0.717) is 25.7 Å². The van der Waals surface area contributed by atoms with E-state index >= 15 is 0 Å². The number of tetrazole rings is 1. The van der Waals surface area contributed by atoms with Crippen LogP contribution in [0.25, 0.3) is 10.9 Å². The van der Waals surface area contributed by atoms with Crippen molar-refractivity contribution in [1.82, 2.24) is 30.1 Å². The lowest BCUT2D eigenvalue weighted by Gasteiger charge is -2.39. The van der Waals surface area contributed by atoms with Crippen molar-refractivity contribution < 1.29 is 4.74 Å². The number of aromatic amines is 1. The highest BCUT2D eigenvalue weighted by Gasteiger charge is 2.32. The molecule has 1 aliphatic rings. The summed E-state index contributed by atoms with van der Waals surface area (Å²) < 4.78 is 7.11. The van der Waals surface area contributed by atoms with Gasteiger partial charge in [-0.2, -0.15) is 0 Å². The van der Waals surface area contributed by atoms with E-state index in [9.17, 15) is 4.79 Å². The zero-order valence-electron chi connectivity index (χ0n) is 20.3. The number of pyridine rings is 1. The number of rotatable bonds is 9. The van der Waals surface area contributed by atoms with Gasteiger partial charge < -0.3 is 9.72 Å². The van der Waals surface area contributed by atoms with Crippen LogP contribution in [0.5, 0.6) is 0 Å². The first-order valence-corrected chi connectivity index (χ1v) is 12.2. The highest BCUT2D eigenvalue weighted by atomic mass is 16.5. The molecular formula is C25H36N6O2. The molecule has 3 aromatic rings. The Bertz CT molecular complexity index is 1130. The number of methoxy groups -OCH3 is 1. The molecule has 178 valence electrons. The zero-order valence-corrected chi connectivity index (χ0v) is 20.3. The van der Waals surface area contributed by atoms with Crippen molar-refractivity contribution in [3.05, 3.63) is 51.1 Å². The average Bonchev–Trinajstić information content (AvgIpc) is 3.28. The number of aromatic nitrogens is 5. The van der Waals surface area contributed by atoms with Crippen molar-refractivity contribution in [2.24, 2.45) is 0 Å². The maximum atomic E-state index is 13.1. The van der Waals surface area contributed by atoms with Gasteiger partial charge in [-0.1, -0.05) is 26.2 Å². The van der Waals surface area contributed by atoms with Crippen molar-refractivity contribution in [2.45, 2.75) is 84.5 Å². The topological polar surface area (TPSA) is 88.9 Å². The Morgan fingerprint density at radius 3 is 2.67 bits per heavy atom. The molecular weight excluding hydrogens is 416 g/mol. The largest absolute Gasteiger partial charge is 0.383 e. The molecule has 1 unspecified atom stereocenters. The van der Waals surface area contributed by atoms with Crippen LogP contribution in [0.15, 0.2) is 23.0 Å². The standard InChI is InChI=1S/C25H36N6O2/c1-5-23(24-27-28-29-31(24)11-12-33-4)30(21-9-7-6-8-10-21)16-20-15-19-13-17(2)18(3)14-22(19)26-25(20)32/h13-15,21,23H,5-12,16H2,1-4H3,(H,26,32). The van der Waals surface area contributed by atoms with Crippen LogP contribution in [0, 0.1) is 13.8 Å². The number of fused-ring (bicyclic) bond motifs is 1. The van der Waals surface area contributed by atoms with Crippen LogP contribution in [0.1, 0.15) is 74.0 Å². The van der Waals surface area contributed by atoms with E-state index in [1.807, 2.05) is 4.68 Å². The Labute approximate surface area is 195 Å². The molecule has 0 bridgehead atoms. The fraction of sp³-hybridized carbons (Fsp3) is 0.600. The summed E-state index contributed by atoms with van der Waals surface area (Å²) in [5.41, 5.74) is 4.09. The highest BCUT2D eigenvalue weighted by Crippen LogP contribution is 2.33. The Morgan fingerprint density at radius 1 is 1.18 bits per heavy atom. The second-order valence-corrected chi connectivity index (χ2v) is 9.29. The molecule has 1 aromatic carbocycles.